The summed E-state index contributed by atoms with van der Waals surface area (Å²) in [6.45, 7) is 1.82. The van der Waals surface area contributed by atoms with E-state index in [0.717, 1.165) is 5.01 Å². The van der Waals surface area contributed by atoms with E-state index in [1.165, 1.54) is 22.7 Å². The van der Waals surface area contributed by atoms with Crippen LogP contribution in [0.25, 0.3) is 10.7 Å². The molecule has 0 aliphatic heterocycles. The summed E-state index contributed by atoms with van der Waals surface area (Å²) in [4.78, 5) is 24.4. The topological polar surface area (TPSA) is 93.6 Å². The molecule has 1 amide bonds. The van der Waals surface area contributed by atoms with Crippen LogP contribution in [0.3, 0.4) is 0 Å². The molecule has 0 aromatic carbocycles. The summed E-state index contributed by atoms with van der Waals surface area (Å²) in [6, 6.07) is 0. The largest absolute Gasteiger partial charge is 0.295 e. The lowest BCUT2D eigenvalue weighted by atomic mass is 10.4. The number of thiazole rings is 1. The maximum Gasteiger partial charge on any atom is 0.276 e. The van der Waals surface area contributed by atoms with E-state index in [9.17, 15) is 4.79 Å². The summed E-state index contributed by atoms with van der Waals surface area (Å²) in [5.41, 5.74) is 0.965. The van der Waals surface area contributed by atoms with E-state index in [2.05, 4.69) is 30.5 Å². The molecule has 20 heavy (non-hydrogen) atoms. The summed E-state index contributed by atoms with van der Waals surface area (Å²) in [7, 11) is 0. The molecule has 0 saturated heterocycles. The first-order chi connectivity index (χ1) is 9.72. The van der Waals surface area contributed by atoms with Gasteiger partial charge in [0.05, 0.1) is 6.20 Å². The van der Waals surface area contributed by atoms with Crippen molar-refractivity contribution in [3.63, 3.8) is 0 Å². The number of nitrogens with one attached hydrogen (secondary N) is 1. The molecule has 0 bridgehead atoms. The van der Waals surface area contributed by atoms with Crippen molar-refractivity contribution in [1.29, 1.82) is 0 Å². The van der Waals surface area contributed by atoms with Gasteiger partial charge in [-0.3, -0.25) is 20.1 Å². The minimum Gasteiger partial charge on any atom is -0.295 e. The van der Waals surface area contributed by atoms with E-state index in [4.69, 9.17) is 0 Å². The fourth-order valence-electron chi connectivity index (χ4n) is 1.41. The highest BCUT2D eigenvalue weighted by Gasteiger charge is 2.14. The summed E-state index contributed by atoms with van der Waals surface area (Å²) in [6.07, 6.45) is 4.78. The van der Waals surface area contributed by atoms with Crippen molar-refractivity contribution in [3.05, 3.63) is 34.7 Å². The van der Waals surface area contributed by atoms with E-state index < -0.39 is 0 Å². The fourth-order valence-corrected chi connectivity index (χ4v) is 2.76. The molecule has 3 aromatic heterocycles. The van der Waals surface area contributed by atoms with Crippen molar-refractivity contribution in [2.45, 2.75) is 6.92 Å². The van der Waals surface area contributed by atoms with Crippen molar-refractivity contribution >= 4 is 33.7 Å². The molecule has 0 spiro atoms. The smallest absolute Gasteiger partial charge is 0.276 e. The van der Waals surface area contributed by atoms with Gasteiger partial charge in [-0.1, -0.05) is 11.3 Å². The molecule has 7 nitrogen and oxygen atoms in total. The van der Waals surface area contributed by atoms with Crippen LogP contribution >= 0.6 is 22.7 Å². The van der Waals surface area contributed by atoms with Gasteiger partial charge in [-0.25, -0.2) is 4.98 Å². The Morgan fingerprint density at radius 2 is 2.20 bits per heavy atom. The molecule has 0 aliphatic rings. The molecule has 100 valence electrons. The predicted molar refractivity (Wildman–Crippen MR) is 75.7 cm³/mol. The molecular formula is C11H8N6OS2. The van der Waals surface area contributed by atoms with Crippen LogP contribution in [-0.2, 0) is 0 Å². The highest BCUT2D eigenvalue weighted by Crippen LogP contribution is 2.22. The molecule has 0 atom stereocenters. The zero-order chi connectivity index (χ0) is 13.9. The SMILES string of the molecule is Cc1nnc(NC(=O)c2csc(-c3cnccn3)n2)s1. The number of carbonyl (C=O) groups excluding carboxylic acids is 1. The number of aromatic nitrogens is 5. The molecule has 9 heteroatoms. The molecule has 0 saturated carbocycles. The van der Waals surface area contributed by atoms with Crippen molar-refractivity contribution in [1.82, 2.24) is 25.1 Å². The van der Waals surface area contributed by atoms with Crippen LogP contribution in [0.4, 0.5) is 5.13 Å². The van der Waals surface area contributed by atoms with E-state index in [1.807, 2.05) is 6.92 Å². The Morgan fingerprint density at radius 1 is 1.30 bits per heavy atom. The second-order valence-corrected chi connectivity index (χ2v) is 5.75. The quantitative estimate of drug-likeness (QED) is 0.795. The van der Waals surface area contributed by atoms with Gasteiger partial charge in [-0.15, -0.1) is 21.5 Å². The summed E-state index contributed by atoms with van der Waals surface area (Å²) >= 11 is 2.65. The molecule has 0 aliphatic carbocycles. The Labute approximate surface area is 121 Å². The maximum atomic E-state index is 12.0. The van der Waals surface area contributed by atoms with Gasteiger partial charge < -0.3 is 0 Å². The Bertz CT molecular complexity index is 738. The third-order valence-corrected chi connectivity index (χ3v) is 3.88. The van der Waals surface area contributed by atoms with Gasteiger partial charge in [0, 0.05) is 17.8 Å². The third-order valence-electron chi connectivity index (χ3n) is 2.27. The van der Waals surface area contributed by atoms with Crippen LogP contribution in [0.15, 0.2) is 24.0 Å². The van der Waals surface area contributed by atoms with Gasteiger partial charge in [-0.2, -0.15) is 0 Å². The Hall–Kier alpha value is -2.26. The van der Waals surface area contributed by atoms with Crippen LogP contribution in [0.2, 0.25) is 0 Å². The molecule has 0 fully saturated rings. The van der Waals surface area contributed by atoms with E-state index in [0.29, 0.717) is 21.5 Å². The van der Waals surface area contributed by atoms with Gasteiger partial charge in [0.15, 0.2) is 0 Å². The average molecular weight is 304 g/mol. The van der Waals surface area contributed by atoms with Gasteiger partial charge >= 0.3 is 0 Å². The standard InChI is InChI=1S/C11H8N6OS2/c1-6-16-17-11(20-6)15-9(18)8-5-19-10(14-8)7-4-12-2-3-13-7/h2-5H,1H3,(H,15,17,18). The average Bonchev–Trinajstić information content (AvgIpc) is 3.09. The van der Waals surface area contributed by atoms with E-state index in [-0.39, 0.29) is 5.91 Å². The van der Waals surface area contributed by atoms with Crippen molar-refractivity contribution in [2.75, 3.05) is 5.32 Å². The van der Waals surface area contributed by atoms with E-state index in [1.54, 1.807) is 24.0 Å². The van der Waals surface area contributed by atoms with Crippen LogP contribution in [0, 0.1) is 6.92 Å². The first-order valence-electron chi connectivity index (χ1n) is 5.56. The number of rotatable bonds is 3. The van der Waals surface area contributed by atoms with Gasteiger partial charge in [0.25, 0.3) is 5.91 Å². The lowest BCUT2D eigenvalue weighted by Gasteiger charge is -1.96. The number of hydrogen-bond donors (Lipinski definition) is 1. The second-order valence-electron chi connectivity index (χ2n) is 3.71. The fraction of sp³-hybridized carbons (Fsp3) is 0.0909. The Morgan fingerprint density at radius 3 is 2.90 bits per heavy atom. The molecule has 3 rings (SSSR count). The maximum absolute atomic E-state index is 12.0. The lowest BCUT2D eigenvalue weighted by Crippen LogP contribution is -2.12. The van der Waals surface area contributed by atoms with Crippen LogP contribution in [0.5, 0.6) is 0 Å². The van der Waals surface area contributed by atoms with Crippen molar-refractivity contribution < 1.29 is 4.79 Å². The normalized spacial score (nSPS) is 10.4. The van der Waals surface area contributed by atoms with Crippen LogP contribution < -0.4 is 5.32 Å². The van der Waals surface area contributed by atoms with Crippen LogP contribution in [0.1, 0.15) is 15.5 Å². The van der Waals surface area contributed by atoms with Crippen LogP contribution in [-0.4, -0.2) is 31.1 Å². The monoisotopic (exact) mass is 304 g/mol. The molecule has 3 heterocycles. The number of aryl methyl sites for hydroxylation is 1. The number of hydrogen-bond acceptors (Lipinski definition) is 8. The zero-order valence-electron chi connectivity index (χ0n) is 10.3. The van der Waals surface area contributed by atoms with Crippen molar-refractivity contribution in [3.8, 4) is 10.7 Å². The van der Waals surface area contributed by atoms with Gasteiger partial charge in [0.2, 0.25) is 5.13 Å². The minimum atomic E-state index is -0.312. The summed E-state index contributed by atoms with van der Waals surface area (Å²) in [5.74, 6) is -0.312. The minimum absolute atomic E-state index is 0.312. The zero-order valence-corrected chi connectivity index (χ0v) is 11.9. The molecule has 0 radical (unpaired) electrons. The number of carbonyl (C=O) groups is 1. The van der Waals surface area contributed by atoms with Gasteiger partial charge in [-0.05, 0) is 6.92 Å². The lowest BCUT2D eigenvalue weighted by molar-refractivity contribution is 0.102. The number of anilines is 1. The predicted octanol–water partition coefficient (Wildman–Crippen LogP) is 2.01. The summed E-state index contributed by atoms with van der Waals surface area (Å²) < 4.78 is 0. The Kier molecular flexibility index (Phi) is 3.44. The molecule has 0 unspecified atom stereocenters. The number of amides is 1. The Balaban J connectivity index is 1.78. The van der Waals surface area contributed by atoms with Gasteiger partial charge in [0.1, 0.15) is 21.4 Å². The second kappa shape index (κ2) is 5.39. The molecule has 3 aromatic rings. The first kappa shape index (κ1) is 12.8. The number of nitrogens with zero attached hydrogens (tertiary/aromatic N) is 5. The van der Waals surface area contributed by atoms with Crippen molar-refractivity contribution in [2.24, 2.45) is 0 Å². The first-order valence-corrected chi connectivity index (χ1v) is 7.25. The highest BCUT2D eigenvalue weighted by atomic mass is 32.1. The third kappa shape index (κ3) is 2.68. The summed E-state index contributed by atoms with van der Waals surface area (Å²) in [5, 5.41) is 13.9. The van der Waals surface area contributed by atoms with E-state index >= 15 is 0 Å². The highest BCUT2D eigenvalue weighted by molar-refractivity contribution is 7.15. The molecular weight excluding hydrogens is 296 g/mol. The molecule has 1 N–H and O–H groups in total.